The first-order valence-electron chi connectivity index (χ1n) is 12.5. The van der Waals surface area contributed by atoms with E-state index in [9.17, 15) is 4.79 Å². The molecular formula is C25H40N6O. The fraction of sp³-hybridized carbons (Fsp3) is 0.680. The standard InChI is InChI=1S/C25H40N6O/c1-4-26-25(27-19-21-9-10-23-22(18-21)8-7-11-28(23)3)31-16-14-29(15-17-31)20(2)24(32)30-12-5-6-13-30/h9-10,18,20H,4-8,11-17,19H2,1-3H3,(H,26,27). The summed E-state index contributed by atoms with van der Waals surface area (Å²) in [4.78, 5) is 26.8. The summed E-state index contributed by atoms with van der Waals surface area (Å²) in [7, 11) is 2.18. The highest BCUT2D eigenvalue weighted by molar-refractivity contribution is 5.82. The van der Waals surface area contributed by atoms with E-state index in [1.54, 1.807) is 0 Å². The van der Waals surface area contributed by atoms with Gasteiger partial charge in [-0.3, -0.25) is 9.69 Å². The van der Waals surface area contributed by atoms with Crippen LogP contribution in [0.15, 0.2) is 23.2 Å². The second-order valence-corrected chi connectivity index (χ2v) is 9.39. The molecular weight excluding hydrogens is 400 g/mol. The molecule has 0 aromatic heterocycles. The number of anilines is 1. The van der Waals surface area contributed by atoms with Crippen LogP contribution in [0.4, 0.5) is 5.69 Å². The lowest BCUT2D eigenvalue weighted by molar-refractivity contribution is -0.135. The van der Waals surface area contributed by atoms with E-state index >= 15 is 0 Å². The van der Waals surface area contributed by atoms with Gasteiger partial charge in [0.15, 0.2) is 5.96 Å². The Morgan fingerprint density at radius 1 is 1.03 bits per heavy atom. The molecule has 3 heterocycles. The van der Waals surface area contributed by atoms with E-state index in [1.807, 2.05) is 4.90 Å². The molecule has 3 aliphatic rings. The molecule has 3 aliphatic heterocycles. The molecule has 176 valence electrons. The number of carbonyl (C=O) groups is 1. The number of nitrogens with zero attached hydrogens (tertiary/aromatic N) is 5. The van der Waals surface area contributed by atoms with Gasteiger partial charge >= 0.3 is 0 Å². The third-order valence-corrected chi connectivity index (χ3v) is 7.18. The molecule has 1 N–H and O–H groups in total. The minimum Gasteiger partial charge on any atom is -0.374 e. The quantitative estimate of drug-likeness (QED) is 0.562. The highest BCUT2D eigenvalue weighted by Crippen LogP contribution is 2.27. The molecule has 32 heavy (non-hydrogen) atoms. The smallest absolute Gasteiger partial charge is 0.239 e. The number of hydrogen-bond acceptors (Lipinski definition) is 4. The summed E-state index contributed by atoms with van der Waals surface area (Å²) in [6.45, 7) is 12.4. The van der Waals surface area contributed by atoms with Crippen LogP contribution < -0.4 is 10.2 Å². The number of amides is 1. The molecule has 0 bridgehead atoms. The highest BCUT2D eigenvalue weighted by Gasteiger charge is 2.30. The number of piperazine rings is 1. The second-order valence-electron chi connectivity index (χ2n) is 9.39. The summed E-state index contributed by atoms with van der Waals surface area (Å²) in [6, 6.07) is 6.78. The van der Waals surface area contributed by atoms with Crippen molar-refractivity contribution in [2.75, 3.05) is 64.3 Å². The first-order chi connectivity index (χ1) is 15.6. The van der Waals surface area contributed by atoms with E-state index in [0.29, 0.717) is 12.5 Å². The summed E-state index contributed by atoms with van der Waals surface area (Å²) in [5, 5.41) is 3.48. The van der Waals surface area contributed by atoms with Crippen LogP contribution >= 0.6 is 0 Å². The van der Waals surface area contributed by atoms with Gasteiger partial charge in [0.1, 0.15) is 0 Å². The zero-order chi connectivity index (χ0) is 22.5. The number of rotatable bonds is 5. The molecule has 1 amide bonds. The average Bonchev–Trinajstić information content (AvgIpc) is 3.36. The van der Waals surface area contributed by atoms with Crippen molar-refractivity contribution < 1.29 is 4.79 Å². The lowest BCUT2D eigenvalue weighted by Crippen LogP contribution is -2.57. The first kappa shape index (κ1) is 22.9. The van der Waals surface area contributed by atoms with Crippen LogP contribution in [-0.2, 0) is 17.8 Å². The molecule has 4 rings (SSSR count). The van der Waals surface area contributed by atoms with E-state index in [4.69, 9.17) is 4.99 Å². The predicted octanol–water partition coefficient (Wildman–Crippen LogP) is 2.16. The maximum atomic E-state index is 12.8. The molecule has 2 saturated heterocycles. The number of hydrogen-bond donors (Lipinski definition) is 1. The van der Waals surface area contributed by atoms with Crippen molar-refractivity contribution in [3.05, 3.63) is 29.3 Å². The summed E-state index contributed by atoms with van der Waals surface area (Å²) in [6.07, 6.45) is 4.68. The minimum atomic E-state index is -0.0246. The van der Waals surface area contributed by atoms with Crippen LogP contribution in [0.2, 0.25) is 0 Å². The van der Waals surface area contributed by atoms with Gasteiger partial charge in [-0.15, -0.1) is 0 Å². The van der Waals surface area contributed by atoms with Crippen molar-refractivity contribution in [3.63, 3.8) is 0 Å². The van der Waals surface area contributed by atoms with Crippen LogP contribution in [0.5, 0.6) is 0 Å². The monoisotopic (exact) mass is 440 g/mol. The van der Waals surface area contributed by atoms with Crippen molar-refractivity contribution in [3.8, 4) is 0 Å². The molecule has 0 saturated carbocycles. The second kappa shape index (κ2) is 10.6. The van der Waals surface area contributed by atoms with Gasteiger partial charge in [0.25, 0.3) is 0 Å². The van der Waals surface area contributed by atoms with Crippen LogP contribution in [0.3, 0.4) is 0 Å². The maximum absolute atomic E-state index is 12.8. The Hall–Kier alpha value is -2.28. The van der Waals surface area contributed by atoms with Gasteiger partial charge in [0.05, 0.1) is 12.6 Å². The maximum Gasteiger partial charge on any atom is 0.239 e. The van der Waals surface area contributed by atoms with Gasteiger partial charge in [-0.1, -0.05) is 12.1 Å². The van der Waals surface area contributed by atoms with Crippen molar-refractivity contribution in [1.29, 1.82) is 0 Å². The number of guanidine groups is 1. The molecule has 1 aromatic carbocycles. The van der Waals surface area contributed by atoms with Crippen molar-refractivity contribution >= 4 is 17.6 Å². The van der Waals surface area contributed by atoms with Crippen LogP contribution in [0.25, 0.3) is 0 Å². The average molecular weight is 441 g/mol. The van der Waals surface area contributed by atoms with E-state index in [2.05, 4.69) is 59.1 Å². The zero-order valence-electron chi connectivity index (χ0n) is 20.1. The van der Waals surface area contributed by atoms with Crippen LogP contribution in [0.1, 0.15) is 44.2 Å². The first-order valence-corrected chi connectivity index (χ1v) is 12.5. The molecule has 7 heteroatoms. The molecule has 1 atom stereocenters. The Labute approximate surface area is 193 Å². The Balaban J connectivity index is 1.35. The van der Waals surface area contributed by atoms with Crippen LogP contribution in [-0.4, -0.2) is 92.0 Å². The lowest BCUT2D eigenvalue weighted by atomic mass is 10.00. The minimum absolute atomic E-state index is 0.0246. The SMILES string of the molecule is CCNC(=NCc1ccc2c(c1)CCCN2C)N1CCN(C(C)C(=O)N2CCCC2)CC1. The number of fused-ring (bicyclic) bond motifs is 1. The fourth-order valence-corrected chi connectivity index (χ4v) is 5.21. The number of aliphatic imine (C=N–C) groups is 1. The fourth-order valence-electron chi connectivity index (χ4n) is 5.21. The Kier molecular flexibility index (Phi) is 7.55. The largest absolute Gasteiger partial charge is 0.374 e. The number of benzene rings is 1. The number of aryl methyl sites for hydroxylation is 1. The summed E-state index contributed by atoms with van der Waals surface area (Å²) in [5.74, 6) is 1.29. The molecule has 2 fully saturated rings. The van der Waals surface area contributed by atoms with Crippen molar-refractivity contribution in [1.82, 2.24) is 20.0 Å². The molecule has 7 nitrogen and oxygen atoms in total. The zero-order valence-corrected chi connectivity index (χ0v) is 20.1. The number of carbonyl (C=O) groups excluding carboxylic acids is 1. The van der Waals surface area contributed by atoms with Gasteiger partial charge in [-0.05, 0) is 56.7 Å². The Morgan fingerprint density at radius 3 is 2.50 bits per heavy atom. The molecule has 0 spiro atoms. The Bertz CT molecular complexity index is 811. The molecule has 0 radical (unpaired) electrons. The molecule has 0 aliphatic carbocycles. The topological polar surface area (TPSA) is 54.4 Å². The van der Waals surface area contributed by atoms with Gasteiger partial charge in [-0.2, -0.15) is 0 Å². The third kappa shape index (κ3) is 5.20. The van der Waals surface area contributed by atoms with Gasteiger partial charge < -0.3 is 20.0 Å². The van der Waals surface area contributed by atoms with Gasteiger partial charge in [0, 0.05) is 65.1 Å². The normalized spacial score (nSPS) is 21.0. The Morgan fingerprint density at radius 2 is 1.78 bits per heavy atom. The lowest BCUT2D eigenvalue weighted by Gasteiger charge is -2.39. The van der Waals surface area contributed by atoms with Gasteiger partial charge in [0.2, 0.25) is 5.91 Å². The van der Waals surface area contributed by atoms with E-state index in [-0.39, 0.29) is 6.04 Å². The summed E-state index contributed by atoms with van der Waals surface area (Å²) in [5.41, 5.74) is 4.09. The van der Waals surface area contributed by atoms with E-state index in [1.165, 1.54) is 23.2 Å². The molecule has 1 unspecified atom stereocenters. The summed E-state index contributed by atoms with van der Waals surface area (Å²) < 4.78 is 0. The van der Waals surface area contributed by atoms with Crippen molar-refractivity contribution in [2.45, 2.75) is 52.1 Å². The van der Waals surface area contributed by atoms with E-state index in [0.717, 1.165) is 77.6 Å². The van der Waals surface area contributed by atoms with E-state index < -0.39 is 0 Å². The number of likely N-dealkylation sites (tertiary alicyclic amines) is 1. The number of nitrogens with one attached hydrogen (secondary N) is 1. The summed E-state index contributed by atoms with van der Waals surface area (Å²) >= 11 is 0. The predicted molar refractivity (Wildman–Crippen MR) is 131 cm³/mol. The molecule has 1 aromatic rings. The van der Waals surface area contributed by atoms with Gasteiger partial charge in [-0.25, -0.2) is 4.99 Å². The third-order valence-electron chi connectivity index (χ3n) is 7.18. The van der Waals surface area contributed by atoms with Crippen LogP contribution in [0, 0.1) is 0 Å². The van der Waals surface area contributed by atoms with Crippen molar-refractivity contribution in [2.24, 2.45) is 4.99 Å². The highest BCUT2D eigenvalue weighted by atomic mass is 16.2.